The van der Waals surface area contributed by atoms with Crippen LogP contribution in [0.3, 0.4) is 0 Å². The van der Waals surface area contributed by atoms with E-state index in [1.54, 1.807) is 6.92 Å². The van der Waals surface area contributed by atoms with Crippen molar-refractivity contribution in [2.45, 2.75) is 51.7 Å². The molecule has 1 aromatic carbocycles. The van der Waals surface area contributed by atoms with Crippen LogP contribution < -0.4 is 4.90 Å². The Balaban J connectivity index is 1.60. The third-order valence-corrected chi connectivity index (χ3v) is 6.10. The molecule has 2 aromatic rings. The molecule has 162 valence electrons. The van der Waals surface area contributed by atoms with E-state index < -0.39 is 17.5 Å². The summed E-state index contributed by atoms with van der Waals surface area (Å²) in [4.78, 5) is 4.82. The molecule has 1 fully saturated rings. The molecule has 0 spiro atoms. The molecule has 1 atom stereocenters. The second-order valence-corrected chi connectivity index (χ2v) is 8.30. The molecule has 0 unspecified atom stereocenters. The lowest BCUT2D eigenvalue weighted by Gasteiger charge is -2.38. The Hall–Kier alpha value is -2.35. The molecule has 0 radical (unpaired) electrons. The first-order valence-electron chi connectivity index (χ1n) is 10.5. The van der Waals surface area contributed by atoms with Crippen LogP contribution in [0, 0.1) is 6.92 Å². The molecule has 2 aliphatic heterocycles. The molecule has 30 heavy (non-hydrogen) atoms. The van der Waals surface area contributed by atoms with Gasteiger partial charge in [-0.15, -0.1) is 10.2 Å². The van der Waals surface area contributed by atoms with Crippen LogP contribution in [0.15, 0.2) is 18.2 Å². The van der Waals surface area contributed by atoms with E-state index in [1.165, 1.54) is 6.42 Å². The average molecular weight is 420 g/mol. The normalized spacial score (nSPS) is 19.9. The van der Waals surface area contributed by atoms with Crippen LogP contribution >= 0.6 is 0 Å². The fraction of sp³-hybridized carbons (Fsp3) is 0.545. The van der Waals surface area contributed by atoms with Crippen LogP contribution in [0.4, 0.5) is 19.0 Å². The summed E-state index contributed by atoms with van der Waals surface area (Å²) in [5.41, 5.74) is 1.22. The molecular weight excluding hydrogens is 393 g/mol. The number of alkyl halides is 3. The van der Waals surface area contributed by atoms with Crippen molar-refractivity contribution in [1.82, 2.24) is 15.1 Å². The van der Waals surface area contributed by atoms with Crippen molar-refractivity contribution in [2.75, 3.05) is 31.1 Å². The van der Waals surface area contributed by atoms with E-state index in [9.17, 15) is 18.3 Å². The van der Waals surface area contributed by atoms with Crippen molar-refractivity contribution in [3.63, 3.8) is 0 Å². The minimum atomic E-state index is -4.50. The SMILES string of the molecule is CCCN1CCC[C@@H](N2CCc3cc(-c4c(C)cc(C(F)(F)F)cc4O)nnc32)C1. The van der Waals surface area contributed by atoms with Gasteiger partial charge in [-0.2, -0.15) is 13.2 Å². The van der Waals surface area contributed by atoms with E-state index in [2.05, 4.69) is 26.9 Å². The van der Waals surface area contributed by atoms with Crippen molar-refractivity contribution in [3.05, 3.63) is 34.9 Å². The summed E-state index contributed by atoms with van der Waals surface area (Å²) in [6.07, 6.45) is -0.246. The number of aromatic hydroxyl groups is 1. The second kappa shape index (κ2) is 8.06. The molecule has 0 saturated carbocycles. The topological polar surface area (TPSA) is 52.5 Å². The third-order valence-electron chi connectivity index (χ3n) is 6.10. The van der Waals surface area contributed by atoms with Gasteiger partial charge in [0.25, 0.3) is 0 Å². The summed E-state index contributed by atoms with van der Waals surface area (Å²) in [5, 5.41) is 19.0. The minimum absolute atomic E-state index is 0.309. The maximum atomic E-state index is 13.0. The monoisotopic (exact) mass is 420 g/mol. The Morgan fingerprint density at radius 1 is 1.17 bits per heavy atom. The highest BCUT2D eigenvalue weighted by molar-refractivity contribution is 5.73. The summed E-state index contributed by atoms with van der Waals surface area (Å²) in [7, 11) is 0. The zero-order valence-electron chi connectivity index (χ0n) is 17.3. The molecular formula is C22H27F3N4O. The van der Waals surface area contributed by atoms with Crippen LogP contribution in [-0.4, -0.2) is 52.4 Å². The number of rotatable bonds is 4. The highest BCUT2D eigenvalue weighted by Gasteiger charge is 2.34. The smallest absolute Gasteiger partial charge is 0.416 e. The summed E-state index contributed by atoms with van der Waals surface area (Å²) in [6.45, 7) is 7.89. The lowest BCUT2D eigenvalue weighted by Crippen LogP contribution is -2.48. The largest absolute Gasteiger partial charge is 0.507 e. The fourth-order valence-electron chi connectivity index (χ4n) is 4.74. The predicted octanol–water partition coefficient (Wildman–Crippen LogP) is 4.41. The molecule has 1 saturated heterocycles. The number of benzene rings is 1. The maximum Gasteiger partial charge on any atom is 0.416 e. The maximum absolute atomic E-state index is 13.0. The van der Waals surface area contributed by atoms with Crippen LogP contribution in [-0.2, 0) is 12.6 Å². The number of piperidine rings is 1. The zero-order chi connectivity index (χ0) is 21.5. The van der Waals surface area contributed by atoms with Gasteiger partial charge in [-0.1, -0.05) is 6.92 Å². The fourth-order valence-corrected chi connectivity index (χ4v) is 4.74. The number of phenols is 1. The van der Waals surface area contributed by atoms with Gasteiger partial charge < -0.3 is 14.9 Å². The number of hydrogen-bond donors (Lipinski definition) is 1. The van der Waals surface area contributed by atoms with E-state index >= 15 is 0 Å². The van der Waals surface area contributed by atoms with Crippen molar-refractivity contribution in [3.8, 4) is 17.0 Å². The number of likely N-dealkylation sites (tertiary alicyclic amines) is 1. The number of hydrogen-bond acceptors (Lipinski definition) is 5. The Bertz CT molecular complexity index is 906. The lowest BCUT2D eigenvalue weighted by molar-refractivity contribution is -0.137. The number of halogens is 3. The van der Waals surface area contributed by atoms with Crippen LogP contribution in [0.5, 0.6) is 5.75 Å². The van der Waals surface area contributed by atoms with Gasteiger partial charge in [-0.05, 0) is 69.5 Å². The first kappa shape index (κ1) is 20.9. The molecule has 0 amide bonds. The Morgan fingerprint density at radius 3 is 2.67 bits per heavy atom. The summed E-state index contributed by atoms with van der Waals surface area (Å²) in [5.74, 6) is 0.445. The quantitative estimate of drug-likeness (QED) is 0.794. The molecule has 1 aromatic heterocycles. The van der Waals surface area contributed by atoms with Crippen LogP contribution in [0.2, 0.25) is 0 Å². The van der Waals surface area contributed by atoms with Gasteiger partial charge in [0.15, 0.2) is 5.82 Å². The predicted molar refractivity (Wildman–Crippen MR) is 110 cm³/mol. The van der Waals surface area contributed by atoms with Crippen LogP contribution in [0.25, 0.3) is 11.3 Å². The van der Waals surface area contributed by atoms with Crippen molar-refractivity contribution in [1.29, 1.82) is 0 Å². The standard InChI is InChI=1S/C22H27F3N4O/c1-3-7-28-8-4-5-17(13-28)29-9-6-15-11-18(26-27-21(15)29)20-14(2)10-16(12-19(20)30)22(23,24)25/h10-12,17,30H,3-9,13H2,1-2H3/t17-/m1/s1. The van der Waals surface area contributed by atoms with Crippen molar-refractivity contribution < 1.29 is 18.3 Å². The van der Waals surface area contributed by atoms with Crippen LogP contribution in [0.1, 0.15) is 42.9 Å². The number of phenolic OH excluding ortho intramolecular Hbond substituents is 1. The average Bonchev–Trinajstić information content (AvgIpc) is 3.10. The number of aryl methyl sites for hydroxylation is 1. The van der Waals surface area contributed by atoms with E-state index in [-0.39, 0.29) is 0 Å². The lowest BCUT2D eigenvalue weighted by atomic mass is 9.99. The number of anilines is 1. The Kier molecular flexibility index (Phi) is 5.61. The molecule has 0 aliphatic carbocycles. The summed E-state index contributed by atoms with van der Waals surface area (Å²) < 4.78 is 39.0. The Labute approximate surface area is 174 Å². The van der Waals surface area contributed by atoms with Gasteiger partial charge in [-0.3, -0.25) is 0 Å². The zero-order valence-corrected chi connectivity index (χ0v) is 17.3. The third kappa shape index (κ3) is 3.97. The molecule has 3 heterocycles. The minimum Gasteiger partial charge on any atom is -0.507 e. The summed E-state index contributed by atoms with van der Waals surface area (Å²) >= 11 is 0. The number of aromatic nitrogens is 2. The van der Waals surface area contributed by atoms with Gasteiger partial charge in [0.2, 0.25) is 0 Å². The first-order valence-corrected chi connectivity index (χ1v) is 10.5. The van der Waals surface area contributed by atoms with Gasteiger partial charge in [0.1, 0.15) is 5.75 Å². The first-order chi connectivity index (χ1) is 14.3. The number of fused-ring (bicyclic) bond motifs is 1. The molecule has 8 heteroatoms. The van der Waals surface area contributed by atoms with E-state index in [0.717, 1.165) is 69.0 Å². The molecule has 2 aliphatic rings. The Morgan fingerprint density at radius 2 is 1.97 bits per heavy atom. The second-order valence-electron chi connectivity index (χ2n) is 8.30. The molecule has 1 N–H and O–H groups in total. The van der Waals surface area contributed by atoms with Gasteiger partial charge in [0.05, 0.1) is 11.3 Å². The summed E-state index contributed by atoms with van der Waals surface area (Å²) in [6, 6.07) is 4.08. The van der Waals surface area contributed by atoms with Crippen molar-refractivity contribution >= 4 is 5.82 Å². The van der Waals surface area contributed by atoms with E-state index in [1.807, 2.05) is 6.07 Å². The highest BCUT2D eigenvalue weighted by Crippen LogP contribution is 2.40. The van der Waals surface area contributed by atoms with E-state index in [0.29, 0.717) is 22.9 Å². The molecule has 0 bridgehead atoms. The molecule has 5 nitrogen and oxygen atoms in total. The number of nitrogens with zero attached hydrogens (tertiary/aromatic N) is 4. The molecule has 4 rings (SSSR count). The van der Waals surface area contributed by atoms with Gasteiger partial charge in [0, 0.05) is 30.3 Å². The van der Waals surface area contributed by atoms with Gasteiger partial charge >= 0.3 is 6.18 Å². The van der Waals surface area contributed by atoms with E-state index in [4.69, 9.17) is 0 Å². The van der Waals surface area contributed by atoms with Gasteiger partial charge in [-0.25, -0.2) is 0 Å². The van der Waals surface area contributed by atoms with Crippen molar-refractivity contribution in [2.24, 2.45) is 0 Å². The highest BCUT2D eigenvalue weighted by atomic mass is 19.4.